The number of carbonyl (C=O) groups is 1. The molecule has 2 aromatic carbocycles. The van der Waals surface area contributed by atoms with Crippen LogP contribution in [0.3, 0.4) is 0 Å². The number of rotatable bonds is 5. The summed E-state index contributed by atoms with van der Waals surface area (Å²) < 4.78 is 12.1. The maximum absolute atomic E-state index is 12.5. The monoisotopic (exact) mass is 446 g/mol. The molecule has 2 aromatic heterocycles. The van der Waals surface area contributed by atoms with E-state index in [9.17, 15) is 9.59 Å². The quantitative estimate of drug-likeness (QED) is 0.443. The smallest absolute Gasteiger partial charge is 0.323 e. The Morgan fingerprint density at radius 1 is 1.00 bits per heavy atom. The molecule has 32 heavy (non-hydrogen) atoms. The number of hydrogen-bond acceptors (Lipinski definition) is 6. The van der Waals surface area contributed by atoms with Gasteiger partial charge in [0.05, 0.1) is 11.4 Å². The van der Waals surface area contributed by atoms with Gasteiger partial charge in [-0.25, -0.2) is 9.78 Å². The minimum Gasteiger partial charge on any atom is -0.454 e. The van der Waals surface area contributed by atoms with Crippen LogP contribution >= 0.6 is 11.8 Å². The van der Waals surface area contributed by atoms with Crippen LogP contribution in [0.5, 0.6) is 11.5 Å². The zero-order chi connectivity index (χ0) is 21.9. The molecule has 0 bridgehead atoms. The number of amides is 2. The van der Waals surface area contributed by atoms with Crippen molar-refractivity contribution in [1.82, 2.24) is 9.38 Å². The Hall–Kier alpha value is -3.98. The molecule has 1 aliphatic heterocycles. The summed E-state index contributed by atoms with van der Waals surface area (Å²) in [6, 6.07) is 19.3. The van der Waals surface area contributed by atoms with Crippen molar-refractivity contribution in [3.63, 3.8) is 0 Å². The lowest BCUT2D eigenvalue weighted by Crippen LogP contribution is -2.19. The molecule has 5 rings (SSSR count). The number of para-hydroxylation sites is 1. The molecule has 3 heterocycles. The summed E-state index contributed by atoms with van der Waals surface area (Å²) in [6.45, 7) is 0.175. The third kappa shape index (κ3) is 4.23. The molecule has 0 saturated heterocycles. The molecule has 1 aliphatic rings. The van der Waals surface area contributed by atoms with E-state index in [0.717, 1.165) is 4.90 Å². The van der Waals surface area contributed by atoms with Crippen LogP contribution in [0, 0.1) is 0 Å². The second-order valence-corrected chi connectivity index (χ2v) is 7.96. The first-order valence-electron chi connectivity index (χ1n) is 9.82. The van der Waals surface area contributed by atoms with Gasteiger partial charge >= 0.3 is 6.03 Å². The number of urea groups is 1. The number of ether oxygens (including phenoxy) is 2. The number of fused-ring (bicyclic) bond motifs is 2. The fourth-order valence-electron chi connectivity index (χ4n) is 3.28. The highest BCUT2D eigenvalue weighted by molar-refractivity contribution is 7.98. The minimum atomic E-state index is -0.376. The largest absolute Gasteiger partial charge is 0.454 e. The number of hydrogen-bond donors (Lipinski definition) is 2. The fraction of sp³-hybridized carbons (Fsp3) is 0.0870. The van der Waals surface area contributed by atoms with Gasteiger partial charge in [0.15, 0.2) is 11.5 Å². The molecular weight excluding hydrogens is 428 g/mol. The van der Waals surface area contributed by atoms with Crippen molar-refractivity contribution in [3.05, 3.63) is 89.0 Å². The fourth-order valence-corrected chi connectivity index (χ4v) is 4.18. The van der Waals surface area contributed by atoms with Crippen LogP contribution in [-0.2, 0) is 5.75 Å². The highest BCUT2D eigenvalue weighted by Crippen LogP contribution is 2.34. The molecule has 0 unspecified atom stereocenters. The third-order valence-corrected chi connectivity index (χ3v) is 5.87. The SMILES string of the molecule is O=C(Nc1ccc2c(c1)OCO2)Nc1ccccc1SCc1cc(=O)n2ccccc2n1. The van der Waals surface area contributed by atoms with Crippen LogP contribution in [0.15, 0.2) is 82.6 Å². The second kappa shape index (κ2) is 8.64. The van der Waals surface area contributed by atoms with Crippen molar-refractivity contribution in [3.8, 4) is 11.5 Å². The van der Waals surface area contributed by atoms with E-state index in [1.54, 1.807) is 36.5 Å². The summed E-state index contributed by atoms with van der Waals surface area (Å²) in [5.74, 6) is 1.74. The van der Waals surface area contributed by atoms with E-state index in [1.165, 1.54) is 22.2 Å². The van der Waals surface area contributed by atoms with Gasteiger partial charge in [0.25, 0.3) is 5.56 Å². The zero-order valence-corrected chi connectivity index (χ0v) is 17.6. The van der Waals surface area contributed by atoms with Crippen molar-refractivity contribution >= 4 is 34.8 Å². The van der Waals surface area contributed by atoms with Crippen LogP contribution in [0.2, 0.25) is 0 Å². The Morgan fingerprint density at radius 3 is 2.78 bits per heavy atom. The average molecular weight is 446 g/mol. The summed E-state index contributed by atoms with van der Waals surface area (Å²) in [7, 11) is 0. The lowest BCUT2D eigenvalue weighted by atomic mass is 10.3. The molecule has 0 aliphatic carbocycles. The van der Waals surface area contributed by atoms with Gasteiger partial charge in [-0.05, 0) is 36.4 Å². The van der Waals surface area contributed by atoms with E-state index in [1.807, 2.05) is 30.3 Å². The molecule has 4 aromatic rings. The van der Waals surface area contributed by atoms with Gasteiger partial charge in [0, 0.05) is 34.7 Å². The predicted octanol–water partition coefficient (Wildman–Crippen LogP) is 4.36. The maximum Gasteiger partial charge on any atom is 0.323 e. The van der Waals surface area contributed by atoms with Crippen LogP contribution < -0.4 is 25.7 Å². The van der Waals surface area contributed by atoms with E-state index in [-0.39, 0.29) is 18.4 Å². The van der Waals surface area contributed by atoms with Crippen molar-refractivity contribution in [2.24, 2.45) is 0 Å². The minimum absolute atomic E-state index is 0.124. The van der Waals surface area contributed by atoms with Gasteiger partial charge in [-0.15, -0.1) is 11.8 Å². The molecule has 0 fully saturated rings. The van der Waals surface area contributed by atoms with Crippen molar-refractivity contribution in [1.29, 1.82) is 0 Å². The maximum atomic E-state index is 12.5. The third-order valence-electron chi connectivity index (χ3n) is 4.77. The van der Waals surface area contributed by atoms with Crippen molar-refractivity contribution < 1.29 is 14.3 Å². The normalized spacial score (nSPS) is 12.0. The summed E-state index contributed by atoms with van der Waals surface area (Å²) in [4.78, 5) is 30.2. The second-order valence-electron chi connectivity index (χ2n) is 6.95. The van der Waals surface area contributed by atoms with Gasteiger partial charge in [-0.2, -0.15) is 0 Å². The number of nitrogens with zero attached hydrogens (tertiary/aromatic N) is 2. The van der Waals surface area contributed by atoms with Gasteiger partial charge in [0.1, 0.15) is 5.65 Å². The Bertz CT molecular complexity index is 1370. The molecule has 2 amide bonds. The Morgan fingerprint density at radius 2 is 1.84 bits per heavy atom. The van der Waals surface area contributed by atoms with Gasteiger partial charge in [-0.3, -0.25) is 9.20 Å². The highest BCUT2D eigenvalue weighted by atomic mass is 32.2. The van der Waals surface area contributed by atoms with E-state index in [4.69, 9.17) is 9.47 Å². The molecule has 0 radical (unpaired) electrons. The van der Waals surface area contributed by atoms with Gasteiger partial charge in [-0.1, -0.05) is 18.2 Å². The number of carbonyl (C=O) groups excluding carboxylic acids is 1. The van der Waals surface area contributed by atoms with Crippen molar-refractivity contribution in [2.75, 3.05) is 17.4 Å². The first kappa shape index (κ1) is 20.0. The molecule has 8 nitrogen and oxygen atoms in total. The molecular formula is C23H18N4O4S. The Labute approximate surface area is 187 Å². The molecule has 0 spiro atoms. The van der Waals surface area contributed by atoms with Crippen LogP contribution in [0.4, 0.5) is 16.2 Å². The standard InChI is InChI=1S/C23H18N4O4S/c28-22-12-16(24-21-7-3-4-10-27(21)22)13-32-20-6-2-1-5-17(20)26-23(29)25-15-8-9-18-19(11-15)31-14-30-18/h1-12H,13-14H2,(H2,25,26,29). The molecule has 0 atom stereocenters. The summed E-state index contributed by atoms with van der Waals surface area (Å²) in [6.07, 6.45) is 1.69. The highest BCUT2D eigenvalue weighted by Gasteiger charge is 2.15. The lowest BCUT2D eigenvalue weighted by Gasteiger charge is -2.12. The number of nitrogens with one attached hydrogen (secondary N) is 2. The molecule has 160 valence electrons. The van der Waals surface area contributed by atoms with Crippen LogP contribution in [0.25, 0.3) is 5.65 Å². The predicted molar refractivity (Wildman–Crippen MR) is 123 cm³/mol. The first-order chi connectivity index (χ1) is 15.7. The molecule has 0 saturated carbocycles. The van der Waals surface area contributed by atoms with Crippen LogP contribution in [-0.4, -0.2) is 22.2 Å². The number of thioether (sulfide) groups is 1. The van der Waals surface area contributed by atoms with Crippen LogP contribution in [0.1, 0.15) is 5.69 Å². The molecule has 9 heteroatoms. The number of benzene rings is 2. The topological polar surface area (TPSA) is 94.0 Å². The van der Waals surface area contributed by atoms with E-state index in [0.29, 0.717) is 40.0 Å². The van der Waals surface area contributed by atoms with Gasteiger partial charge < -0.3 is 20.1 Å². The summed E-state index contributed by atoms with van der Waals surface area (Å²) >= 11 is 1.49. The van der Waals surface area contributed by atoms with E-state index >= 15 is 0 Å². The van der Waals surface area contributed by atoms with E-state index in [2.05, 4.69) is 15.6 Å². The zero-order valence-electron chi connectivity index (χ0n) is 16.8. The Kier molecular flexibility index (Phi) is 5.39. The number of aromatic nitrogens is 2. The summed E-state index contributed by atoms with van der Waals surface area (Å²) in [5.41, 5.74) is 2.41. The van der Waals surface area contributed by atoms with Gasteiger partial charge in [0.2, 0.25) is 6.79 Å². The molecule has 2 N–H and O–H groups in total. The Balaban J connectivity index is 1.28. The number of anilines is 2. The first-order valence-corrected chi connectivity index (χ1v) is 10.8. The number of pyridine rings is 1. The lowest BCUT2D eigenvalue weighted by molar-refractivity contribution is 0.174. The van der Waals surface area contributed by atoms with Crippen molar-refractivity contribution in [2.45, 2.75) is 10.6 Å². The summed E-state index contributed by atoms with van der Waals surface area (Å²) in [5, 5.41) is 5.67. The van der Waals surface area contributed by atoms with E-state index < -0.39 is 0 Å². The average Bonchev–Trinajstić information content (AvgIpc) is 3.26.